The Morgan fingerprint density at radius 2 is 1.79 bits per heavy atom. The summed E-state index contributed by atoms with van der Waals surface area (Å²) in [6, 6.07) is 8.44. The Bertz CT molecular complexity index is 366. The minimum atomic E-state index is 0. The van der Waals surface area contributed by atoms with E-state index in [9.17, 15) is 0 Å². The fraction of sp³-hybridized carbons (Fsp3) is 0.333. The van der Waals surface area contributed by atoms with E-state index in [0.717, 1.165) is 0 Å². The van der Waals surface area contributed by atoms with Crippen molar-refractivity contribution in [1.82, 2.24) is 0 Å². The molecule has 0 aromatic heterocycles. The molecular formula is C12H15CuN. The molecule has 0 saturated carbocycles. The van der Waals surface area contributed by atoms with Crippen LogP contribution in [0.25, 0.3) is 5.57 Å². The Kier molecular flexibility index (Phi) is 3.08. The van der Waals surface area contributed by atoms with Gasteiger partial charge in [0, 0.05) is 28.3 Å². The maximum absolute atomic E-state index is 3.49. The van der Waals surface area contributed by atoms with Gasteiger partial charge in [0.1, 0.15) is 0 Å². The number of hydrogen-bond acceptors (Lipinski definition) is 1. The van der Waals surface area contributed by atoms with Crippen molar-refractivity contribution in [3.63, 3.8) is 0 Å². The van der Waals surface area contributed by atoms with Crippen LogP contribution in [0.3, 0.4) is 0 Å². The first-order chi connectivity index (χ1) is 6.08. The van der Waals surface area contributed by atoms with Crippen LogP contribution in [-0.4, -0.2) is 5.54 Å². The monoisotopic (exact) mass is 236 g/mol. The number of hydrogen-bond donors (Lipinski definition) is 1. The standard InChI is InChI=1S/C12H15N.Cu/c1-9-8-12(2,3)13-11-7-5-4-6-10(9)11;/h4-8,13H,1-3H3;. The molecule has 0 bridgehead atoms. The number of rotatable bonds is 0. The topological polar surface area (TPSA) is 12.0 Å². The van der Waals surface area contributed by atoms with Crippen molar-refractivity contribution in [3.05, 3.63) is 35.9 Å². The van der Waals surface area contributed by atoms with Gasteiger partial charge < -0.3 is 5.32 Å². The van der Waals surface area contributed by atoms with E-state index in [-0.39, 0.29) is 22.6 Å². The number of allylic oxidation sites excluding steroid dienone is 1. The molecule has 0 atom stereocenters. The molecule has 0 aliphatic carbocycles. The first-order valence-corrected chi connectivity index (χ1v) is 4.65. The number of anilines is 1. The maximum atomic E-state index is 3.49. The molecule has 1 radical (unpaired) electrons. The van der Waals surface area contributed by atoms with Gasteiger partial charge in [-0.1, -0.05) is 24.3 Å². The van der Waals surface area contributed by atoms with Crippen LogP contribution in [-0.2, 0) is 17.1 Å². The van der Waals surface area contributed by atoms with Crippen molar-refractivity contribution >= 4 is 11.3 Å². The van der Waals surface area contributed by atoms with Crippen molar-refractivity contribution in [2.45, 2.75) is 26.3 Å². The van der Waals surface area contributed by atoms with Gasteiger partial charge in [0.15, 0.2) is 0 Å². The second kappa shape index (κ2) is 3.80. The molecule has 0 spiro atoms. The van der Waals surface area contributed by atoms with Crippen LogP contribution in [0.15, 0.2) is 30.3 Å². The average Bonchev–Trinajstić information content (AvgIpc) is 2.02. The van der Waals surface area contributed by atoms with Crippen LogP contribution in [0.4, 0.5) is 5.69 Å². The van der Waals surface area contributed by atoms with E-state index in [1.54, 1.807) is 0 Å². The summed E-state index contributed by atoms with van der Waals surface area (Å²) in [6.07, 6.45) is 2.27. The third-order valence-electron chi connectivity index (χ3n) is 2.39. The fourth-order valence-electron chi connectivity index (χ4n) is 1.94. The average molecular weight is 237 g/mol. The van der Waals surface area contributed by atoms with Crippen LogP contribution in [0, 0.1) is 0 Å². The molecule has 0 amide bonds. The van der Waals surface area contributed by atoms with E-state index in [2.05, 4.69) is 56.4 Å². The third-order valence-corrected chi connectivity index (χ3v) is 2.39. The zero-order valence-electron chi connectivity index (χ0n) is 8.69. The van der Waals surface area contributed by atoms with Crippen LogP contribution in [0.1, 0.15) is 26.3 Å². The van der Waals surface area contributed by atoms with Crippen molar-refractivity contribution in [2.24, 2.45) is 0 Å². The van der Waals surface area contributed by atoms with E-state index < -0.39 is 0 Å². The first-order valence-electron chi connectivity index (χ1n) is 4.65. The SMILES string of the molecule is CC1=CC(C)(C)Nc2ccccc21.[Cu]. The van der Waals surface area contributed by atoms with Crippen LogP contribution in [0.2, 0.25) is 0 Å². The zero-order valence-corrected chi connectivity index (χ0v) is 9.63. The minimum absolute atomic E-state index is 0. The molecule has 1 aromatic carbocycles. The largest absolute Gasteiger partial charge is 0.376 e. The summed E-state index contributed by atoms with van der Waals surface area (Å²) in [5.74, 6) is 0. The first kappa shape index (κ1) is 11.4. The number of benzene rings is 1. The summed E-state index contributed by atoms with van der Waals surface area (Å²) in [5.41, 5.74) is 4.01. The summed E-state index contributed by atoms with van der Waals surface area (Å²) >= 11 is 0. The Morgan fingerprint density at radius 1 is 1.14 bits per heavy atom. The van der Waals surface area contributed by atoms with Crippen molar-refractivity contribution in [2.75, 3.05) is 5.32 Å². The molecule has 1 nitrogen and oxygen atoms in total. The van der Waals surface area contributed by atoms with Gasteiger partial charge in [0.2, 0.25) is 0 Å². The van der Waals surface area contributed by atoms with Gasteiger partial charge in [-0.15, -0.1) is 0 Å². The van der Waals surface area contributed by atoms with Gasteiger partial charge in [-0.2, -0.15) is 0 Å². The smallest absolute Gasteiger partial charge is 0.0505 e. The molecule has 1 N–H and O–H groups in total. The van der Waals surface area contributed by atoms with E-state index in [4.69, 9.17) is 0 Å². The van der Waals surface area contributed by atoms with E-state index >= 15 is 0 Å². The van der Waals surface area contributed by atoms with Gasteiger partial charge in [-0.05, 0) is 32.4 Å². The predicted octanol–water partition coefficient (Wildman–Crippen LogP) is 3.29. The van der Waals surface area contributed by atoms with Crippen molar-refractivity contribution < 1.29 is 17.1 Å². The minimum Gasteiger partial charge on any atom is -0.376 e. The third kappa shape index (κ3) is 2.02. The predicted molar refractivity (Wildman–Crippen MR) is 57.8 cm³/mol. The second-order valence-electron chi connectivity index (χ2n) is 4.22. The van der Waals surface area contributed by atoms with E-state index in [1.807, 2.05) is 0 Å². The number of nitrogens with one attached hydrogen (secondary N) is 1. The van der Waals surface area contributed by atoms with Crippen LogP contribution >= 0.6 is 0 Å². The van der Waals surface area contributed by atoms with E-state index in [1.165, 1.54) is 16.8 Å². The normalized spacial score (nSPS) is 17.2. The van der Waals surface area contributed by atoms with Crippen LogP contribution < -0.4 is 5.32 Å². The fourth-order valence-corrected chi connectivity index (χ4v) is 1.94. The van der Waals surface area contributed by atoms with Gasteiger partial charge in [0.05, 0.1) is 5.54 Å². The molecule has 1 aromatic rings. The van der Waals surface area contributed by atoms with E-state index in [0.29, 0.717) is 0 Å². The van der Waals surface area contributed by atoms with Gasteiger partial charge in [-0.3, -0.25) is 0 Å². The van der Waals surface area contributed by atoms with Crippen molar-refractivity contribution in [3.8, 4) is 0 Å². The quantitative estimate of drug-likeness (QED) is 0.682. The van der Waals surface area contributed by atoms with Gasteiger partial charge >= 0.3 is 0 Å². The maximum Gasteiger partial charge on any atom is 0.0505 e. The van der Waals surface area contributed by atoms with Crippen molar-refractivity contribution in [1.29, 1.82) is 0 Å². The molecule has 0 unspecified atom stereocenters. The Morgan fingerprint density at radius 3 is 2.50 bits per heavy atom. The molecule has 14 heavy (non-hydrogen) atoms. The number of para-hydroxylation sites is 1. The van der Waals surface area contributed by atoms with Gasteiger partial charge in [0.25, 0.3) is 0 Å². The van der Waals surface area contributed by atoms with Gasteiger partial charge in [-0.25, -0.2) is 0 Å². The molecule has 1 aliphatic heterocycles. The summed E-state index contributed by atoms with van der Waals surface area (Å²) in [6.45, 7) is 6.54. The zero-order chi connectivity index (χ0) is 9.47. The molecule has 1 aliphatic rings. The molecule has 1 heterocycles. The molecule has 0 fully saturated rings. The summed E-state index contributed by atoms with van der Waals surface area (Å²) in [5, 5.41) is 3.49. The Balaban J connectivity index is 0.000000980. The molecule has 2 heteroatoms. The summed E-state index contributed by atoms with van der Waals surface area (Å²) in [4.78, 5) is 0. The Hall–Kier alpha value is -0.721. The molecule has 2 rings (SSSR count). The second-order valence-corrected chi connectivity index (χ2v) is 4.22. The molecule has 0 saturated heterocycles. The number of fused-ring (bicyclic) bond motifs is 1. The summed E-state index contributed by atoms with van der Waals surface area (Å²) in [7, 11) is 0. The van der Waals surface area contributed by atoms with Crippen LogP contribution in [0.5, 0.6) is 0 Å². The molecular weight excluding hydrogens is 222 g/mol. The summed E-state index contributed by atoms with van der Waals surface area (Å²) < 4.78 is 0. The Labute approximate surface area is 96.1 Å². The molecule has 79 valence electrons.